The standard InChI is InChI=1S/C30H60O2/c1-5-9-12-14-15-16-17-18-19-20-22-25-30(31)32-29(24-21-13-10-6-2)27-26-28(8-4)23-11-7-3/h28-29H,5-27H2,1-4H3. The van der Waals surface area contributed by atoms with Crippen LogP contribution in [0.5, 0.6) is 0 Å². The van der Waals surface area contributed by atoms with E-state index in [1.54, 1.807) is 0 Å². The first kappa shape index (κ1) is 31.5. The predicted octanol–water partition coefficient (Wildman–Crippen LogP) is 10.6. The lowest BCUT2D eigenvalue weighted by molar-refractivity contribution is -0.150. The Labute approximate surface area is 203 Å². The third-order valence-corrected chi connectivity index (χ3v) is 7.10. The average molecular weight is 453 g/mol. The fourth-order valence-electron chi connectivity index (χ4n) is 4.71. The molecule has 0 bridgehead atoms. The van der Waals surface area contributed by atoms with Gasteiger partial charge in [-0.25, -0.2) is 0 Å². The molecule has 0 heterocycles. The van der Waals surface area contributed by atoms with E-state index in [9.17, 15) is 4.79 Å². The van der Waals surface area contributed by atoms with Crippen LogP contribution in [0, 0.1) is 5.92 Å². The number of ether oxygens (including phenoxy) is 1. The minimum absolute atomic E-state index is 0.0584. The number of rotatable bonds is 25. The Morgan fingerprint density at radius 3 is 1.56 bits per heavy atom. The SMILES string of the molecule is CCCCCCCCCCCCCC(=O)OC(CCCCCC)CCC(CC)CCCC. The Morgan fingerprint density at radius 1 is 0.531 bits per heavy atom. The lowest BCUT2D eigenvalue weighted by Crippen LogP contribution is -2.19. The van der Waals surface area contributed by atoms with Crippen LogP contribution in [0.1, 0.15) is 175 Å². The summed E-state index contributed by atoms with van der Waals surface area (Å²) < 4.78 is 5.98. The Hall–Kier alpha value is -0.530. The highest BCUT2D eigenvalue weighted by atomic mass is 16.5. The quantitative estimate of drug-likeness (QED) is 0.102. The molecule has 192 valence electrons. The van der Waals surface area contributed by atoms with Gasteiger partial charge in [-0.05, 0) is 38.0 Å². The van der Waals surface area contributed by atoms with Gasteiger partial charge in [0.15, 0.2) is 0 Å². The second kappa shape index (κ2) is 25.1. The monoisotopic (exact) mass is 452 g/mol. The van der Waals surface area contributed by atoms with Crippen LogP contribution >= 0.6 is 0 Å². The minimum Gasteiger partial charge on any atom is -0.462 e. The fourth-order valence-corrected chi connectivity index (χ4v) is 4.71. The zero-order chi connectivity index (χ0) is 23.7. The molecule has 2 atom stereocenters. The summed E-state index contributed by atoms with van der Waals surface area (Å²) in [6.45, 7) is 9.12. The topological polar surface area (TPSA) is 26.3 Å². The zero-order valence-corrected chi connectivity index (χ0v) is 22.7. The van der Waals surface area contributed by atoms with Gasteiger partial charge >= 0.3 is 5.97 Å². The smallest absolute Gasteiger partial charge is 0.306 e. The molecule has 0 aliphatic carbocycles. The van der Waals surface area contributed by atoms with E-state index in [0.29, 0.717) is 6.42 Å². The van der Waals surface area contributed by atoms with E-state index in [4.69, 9.17) is 4.74 Å². The molecule has 2 heteroatoms. The maximum atomic E-state index is 12.5. The van der Waals surface area contributed by atoms with Gasteiger partial charge in [0, 0.05) is 6.42 Å². The lowest BCUT2D eigenvalue weighted by atomic mass is 9.92. The highest BCUT2D eigenvalue weighted by molar-refractivity contribution is 5.69. The van der Waals surface area contributed by atoms with E-state index in [0.717, 1.165) is 25.2 Å². The molecular weight excluding hydrogens is 392 g/mol. The van der Waals surface area contributed by atoms with E-state index in [1.165, 1.54) is 122 Å². The molecule has 0 saturated carbocycles. The van der Waals surface area contributed by atoms with E-state index in [2.05, 4.69) is 27.7 Å². The second-order valence-corrected chi connectivity index (χ2v) is 10.2. The molecule has 2 nitrogen and oxygen atoms in total. The van der Waals surface area contributed by atoms with Crippen LogP contribution in [0.15, 0.2) is 0 Å². The molecule has 0 fully saturated rings. The van der Waals surface area contributed by atoms with Crippen LogP contribution in [0.3, 0.4) is 0 Å². The Balaban J connectivity index is 4.00. The van der Waals surface area contributed by atoms with E-state index in [1.807, 2.05) is 0 Å². The molecule has 0 aromatic carbocycles. The van der Waals surface area contributed by atoms with Gasteiger partial charge in [0.05, 0.1) is 0 Å². The normalized spacial score (nSPS) is 13.2. The summed E-state index contributed by atoms with van der Waals surface area (Å²) in [5.41, 5.74) is 0. The Morgan fingerprint density at radius 2 is 1.03 bits per heavy atom. The van der Waals surface area contributed by atoms with Crippen molar-refractivity contribution in [1.82, 2.24) is 0 Å². The third-order valence-electron chi connectivity index (χ3n) is 7.10. The van der Waals surface area contributed by atoms with Gasteiger partial charge in [0.1, 0.15) is 6.10 Å². The number of hydrogen-bond acceptors (Lipinski definition) is 2. The van der Waals surface area contributed by atoms with Crippen molar-refractivity contribution in [2.75, 3.05) is 0 Å². The van der Waals surface area contributed by atoms with Crippen LogP contribution < -0.4 is 0 Å². The van der Waals surface area contributed by atoms with Crippen molar-refractivity contribution in [3.8, 4) is 0 Å². The highest BCUT2D eigenvalue weighted by Gasteiger charge is 2.16. The molecule has 0 aliphatic rings. The van der Waals surface area contributed by atoms with Gasteiger partial charge in [0.2, 0.25) is 0 Å². The molecule has 0 rings (SSSR count). The zero-order valence-electron chi connectivity index (χ0n) is 22.7. The molecule has 0 radical (unpaired) electrons. The summed E-state index contributed by atoms with van der Waals surface area (Å²) in [5.74, 6) is 0.862. The first-order chi connectivity index (χ1) is 15.7. The maximum absolute atomic E-state index is 12.5. The Bertz CT molecular complexity index is 379. The van der Waals surface area contributed by atoms with Gasteiger partial charge in [-0.1, -0.05) is 137 Å². The molecule has 0 spiro atoms. The molecule has 0 saturated heterocycles. The maximum Gasteiger partial charge on any atom is 0.306 e. The van der Waals surface area contributed by atoms with Crippen LogP contribution in [-0.4, -0.2) is 12.1 Å². The molecule has 0 aliphatic heterocycles. The van der Waals surface area contributed by atoms with Crippen molar-refractivity contribution in [2.24, 2.45) is 5.92 Å². The predicted molar refractivity (Wildman–Crippen MR) is 142 cm³/mol. The Kier molecular flexibility index (Phi) is 24.7. The number of hydrogen-bond donors (Lipinski definition) is 0. The summed E-state index contributed by atoms with van der Waals surface area (Å²) >= 11 is 0. The fraction of sp³-hybridized carbons (Fsp3) is 0.967. The van der Waals surface area contributed by atoms with Gasteiger partial charge in [0.25, 0.3) is 0 Å². The number of carbonyl (C=O) groups is 1. The summed E-state index contributed by atoms with van der Waals surface area (Å²) in [5, 5.41) is 0. The first-order valence-electron chi connectivity index (χ1n) is 14.9. The van der Waals surface area contributed by atoms with Gasteiger partial charge in [-0.2, -0.15) is 0 Å². The van der Waals surface area contributed by atoms with Crippen LogP contribution in [0.25, 0.3) is 0 Å². The van der Waals surface area contributed by atoms with E-state index < -0.39 is 0 Å². The largest absolute Gasteiger partial charge is 0.462 e. The van der Waals surface area contributed by atoms with E-state index in [-0.39, 0.29) is 12.1 Å². The van der Waals surface area contributed by atoms with Crippen molar-refractivity contribution in [3.05, 3.63) is 0 Å². The first-order valence-corrected chi connectivity index (χ1v) is 14.9. The van der Waals surface area contributed by atoms with Crippen LogP contribution in [0.4, 0.5) is 0 Å². The van der Waals surface area contributed by atoms with Crippen molar-refractivity contribution in [1.29, 1.82) is 0 Å². The van der Waals surface area contributed by atoms with Gasteiger partial charge in [-0.3, -0.25) is 4.79 Å². The average Bonchev–Trinajstić information content (AvgIpc) is 2.80. The van der Waals surface area contributed by atoms with Crippen LogP contribution in [0.2, 0.25) is 0 Å². The van der Waals surface area contributed by atoms with Crippen molar-refractivity contribution in [3.63, 3.8) is 0 Å². The molecular formula is C30H60O2. The number of carbonyl (C=O) groups excluding carboxylic acids is 1. The summed E-state index contributed by atoms with van der Waals surface area (Å²) in [6, 6.07) is 0. The molecule has 32 heavy (non-hydrogen) atoms. The third kappa shape index (κ3) is 21.3. The van der Waals surface area contributed by atoms with Crippen molar-refractivity contribution in [2.45, 2.75) is 181 Å². The summed E-state index contributed by atoms with van der Waals surface area (Å²) in [6.07, 6.45) is 28.9. The molecule has 0 N–H and O–H groups in total. The molecule has 2 unspecified atom stereocenters. The lowest BCUT2D eigenvalue weighted by Gasteiger charge is -2.21. The van der Waals surface area contributed by atoms with Crippen LogP contribution in [-0.2, 0) is 9.53 Å². The second-order valence-electron chi connectivity index (χ2n) is 10.2. The van der Waals surface area contributed by atoms with Gasteiger partial charge in [-0.15, -0.1) is 0 Å². The summed E-state index contributed by atoms with van der Waals surface area (Å²) in [7, 11) is 0. The molecule has 0 aromatic rings. The molecule has 0 aromatic heterocycles. The summed E-state index contributed by atoms with van der Waals surface area (Å²) in [4.78, 5) is 12.5. The van der Waals surface area contributed by atoms with E-state index >= 15 is 0 Å². The van der Waals surface area contributed by atoms with Crippen molar-refractivity contribution >= 4 is 5.97 Å². The minimum atomic E-state index is 0.0584. The van der Waals surface area contributed by atoms with Crippen molar-refractivity contribution < 1.29 is 9.53 Å². The van der Waals surface area contributed by atoms with Gasteiger partial charge < -0.3 is 4.74 Å². The number of unbranched alkanes of at least 4 members (excludes halogenated alkanes) is 14. The highest BCUT2D eigenvalue weighted by Crippen LogP contribution is 2.23. The number of esters is 1. The molecule has 0 amide bonds.